The Labute approximate surface area is 103 Å². The van der Waals surface area contributed by atoms with Crippen molar-refractivity contribution in [2.45, 2.75) is 20.3 Å². The van der Waals surface area contributed by atoms with Crippen molar-refractivity contribution >= 4 is 5.97 Å². The number of benzene rings is 1. The van der Waals surface area contributed by atoms with Crippen LogP contribution in [0.3, 0.4) is 0 Å². The maximum atomic E-state index is 11.7. The third-order valence-corrected chi connectivity index (χ3v) is 2.73. The second kappa shape index (κ2) is 4.48. The molecule has 1 aromatic heterocycles. The number of aryl methyl sites for hydroxylation is 2. The molecule has 0 spiro atoms. The Morgan fingerprint density at radius 1 is 1.50 bits per heavy atom. The molecule has 0 aliphatic carbocycles. The first-order chi connectivity index (χ1) is 8.54. The Balaban J connectivity index is 2.69. The first-order valence-electron chi connectivity index (χ1n) is 5.56. The zero-order valence-electron chi connectivity index (χ0n) is 10.1. The van der Waals surface area contributed by atoms with Gasteiger partial charge in [-0.25, -0.2) is 9.59 Å². The Bertz CT molecular complexity index is 655. The molecule has 1 aromatic carbocycles. The summed E-state index contributed by atoms with van der Waals surface area (Å²) in [7, 11) is 0. The summed E-state index contributed by atoms with van der Waals surface area (Å²) in [4.78, 5) is 24.8. The van der Waals surface area contributed by atoms with Crippen LogP contribution in [0.2, 0.25) is 0 Å². The van der Waals surface area contributed by atoms with Gasteiger partial charge >= 0.3 is 11.7 Å². The summed E-state index contributed by atoms with van der Waals surface area (Å²) in [5.41, 5.74) is 1.92. The van der Waals surface area contributed by atoms with E-state index in [1.807, 2.05) is 32.0 Å². The molecule has 2 rings (SSSR count). The number of aromatic carboxylic acids is 1. The standard InChI is InChI=1S/C12H13N3O3/c1-3-8-6-4-5-7(2)9(8)15-12(18)13-10(14-15)11(16)17/h4-6H,3H2,1-2H3,(H,16,17)(H,13,14,18). The lowest BCUT2D eigenvalue weighted by Gasteiger charge is -2.09. The summed E-state index contributed by atoms with van der Waals surface area (Å²) in [5.74, 6) is -1.61. The summed E-state index contributed by atoms with van der Waals surface area (Å²) < 4.78 is 1.11. The minimum Gasteiger partial charge on any atom is -0.475 e. The van der Waals surface area contributed by atoms with Crippen LogP contribution in [0, 0.1) is 6.92 Å². The molecule has 94 valence electrons. The summed E-state index contributed by atoms with van der Waals surface area (Å²) in [6, 6.07) is 5.65. The molecule has 0 amide bonds. The third kappa shape index (κ3) is 1.92. The van der Waals surface area contributed by atoms with Crippen LogP contribution >= 0.6 is 0 Å². The lowest BCUT2D eigenvalue weighted by atomic mass is 10.1. The molecular weight excluding hydrogens is 234 g/mol. The Kier molecular flexibility index (Phi) is 3.01. The lowest BCUT2D eigenvalue weighted by molar-refractivity contribution is 0.0683. The quantitative estimate of drug-likeness (QED) is 0.851. The van der Waals surface area contributed by atoms with E-state index in [4.69, 9.17) is 5.11 Å². The topological polar surface area (TPSA) is 88.0 Å². The third-order valence-electron chi connectivity index (χ3n) is 2.73. The number of carbonyl (C=O) groups is 1. The van der Waals surface area contributed by atoms with E-state index in [2.05, 4.69) is 10.1 Å². The van der Waals surface area contributed by atoms with E-state index in [0.717, 1.165) is 22.2 Å². The van der Waals surface area contributed by atoms with E-state index in [-0.39, 0.29) is 5.82 Å². The van der Waals surface area contributed by atoms with Crippen LogP contribution in [0.4, 0.5) is 0 Å². The zero-order chi connectivity index (χ0) is 13.3. The van der Waals surface area contributed by atoms with Crippen LogP contribution in [0.1, 0.15) is 28.7 Å². The summed E-state index contributed by atoms with van der Waals surface area (Å²) >= 11 is 0. The fraction of sp³-hybridized carbons (Fsp3) is 0.250. The monoisotopic (exact) mass is 247 g/mol. The van der Waals surface area contributed by atoms with Gasteiger partial charge in [0.05, 0.1) is 5.69 Å². The van der Waals surface area contributed by atoms with E-state index in [0.29, 0.717) is 5.69 Å². The van der Waals surface area contributed by atoms with Gasteiger partial charge < -0.3 is 5.11 Å². The van der Waals surface area contributed by atoms with E-state index >= 15 is 0 Å². The second-order valence-corrected chi connectivity index (χ2v) is 3.93. The Morgan fingerprint density at radius 2 is 2.22 bits per heavy atom. The maximum absolute atomic E-state index is 11.7. The zero-order valence-corrected chi connectivity index (χ0v) is 10.1. The number of H-pyrrole nitrogens is 1. The van der Waals surface area contributed by atoms with Gasteiger partial charge in [0, 0.05) is 0 Å². The summed E-state index contributed by atoms with van der Waals surface area (Å²) in [6.45, 7) is 3.82. The van der Waals surface area contributed by atoms with Crippen molar-refractivity contribution < 1.29 is 9.90 Å². The van der Waals surface area contributed by atoms with Gasteiger partial charge in [-0.2, -0.15) is 4.68 Å². The molecular formula is C12H13N3O3. The molecule has 0 radical (unpaired) electrons. The van der Waals surface area contributed by atoms with E-state index in [1.165, 1.54) is 0 Å². The number of aromatic nitrogens is 3. The van der Waals surface area contributed by atoms with E-state index in [1.54, 1.807) is 0 Å². The number of nitrogens with zero attached hydrogens (tertiary/aromatic N) is 2. The first-order valence-corrected chi connectivity index (χ1v) is 5.56. The van der Waals surface area contributed by atoms with Crippen molar-refractivity contribution in [2.24, 2.45) is 0 Å². The number of aromatic amines is 1. The number of nitrogens with one attached hydrogen (secondary N) is 1. The second-order valence-electron chi connectivity index (χ2n) is 3.93. The average molecular weight is 247 g/mol. The highest BCUT2D eigenvalue weighted by molar-refractivity contribution is 5.82. The molecule has 0 saturated carbocycles. The van der Waals surface area contributed by atoms with Gasteiger partial charge in [0.15, 0.2) is 0 Å². The van der Waals surface area contributed by atoms with Crippen molar-refractivity contribution in [3.63, 3.8) is 0 Å². The Morgan fingerprint density at radius 3 is 2.78 bits per heavy atom. The van der Waals surface area contributed by atoms with E-state index in [9.17, 15) is 9.59 Å². The van der Waals surface area contributed by atoms with Gasteiger partial charge in [0.25, 0.3) is 0 Å². The number of carboxylic acid groups (broad SMARTS) is 1. The van der Waals surface area contributed by atoms with Crippen molar-refractivity contribution in [3.05, 3.63) is 45.6 Å². The molecule has 0 aliphatic rings. The SMILES string of the molecule is CCc1cccc(C)c1-n1nc(C(=O)O)[nH]c1=O. The first kappa shape index (κ1) is 12.1. The minimum absolute atomic E-state index is 0.356. The molecule has 0 unspecified atom stereocenters. The van der Waals surface area contributed by atoms with Crippen LogP contribution in [-0.4, -0.2) is 25.8 Å². The normalized spacial score (nSPS) is 10.6. The van der Waals surface area contributed by atoms with Crippen molar-refractivity contribution in [1.82, 2.24) is 14.8 Å². The fourth-order valence-electron chi connectivity index (χ4n) is 1.88. The predicted molar refractivity (Wildman–Crippen MR) is 65.3 cm³/mol. The van der Waals surface area contributed by atoms with Gasteiger partial charge in [-0.15, -0.1) is 5.10 Å². The largest absolute Gasteiger partial charge is 0.475 e. The van der Waals surface area contributed by atoms with Gasteiger partial charge in [0.2, 0.25) is 5.82 Å². The molecule has 0 atom stereocenters. The molecule has 6 nitrogen and oxygen atoms in total. The molecule has 0 fully saturated rings. The molecule has 0 saturated heterocycles. The maximum Gasteiger partial charge on any atom is 0.373 e. The Hall–Kier alpha value is -2.37. The summed E-state index contributed by atoms with van der Waals surface area (Å²) in [5, 5.41) is 12.6. The van der Waals surface area contributed by atoms with Crippen LogP contribution in [0.15, 0.2) is 23.0 Å². The van der Waals surface area contributed by atoms with Crippen LogP contribution in [0.25, 0.3) is 5.69 Å². The average Bonchev–Trinajstić information content (AvgIpc) is 2.71. The van der Waals surface area contributed by atoms with E-state index < -0.39 is 11.7 Å². The molecule has 0 bridgehead atoms. The van der Waals surface area contributed by atoms with Gasteiger partial charge in [-0.1, -0.05) is 25.1 Å². The van der Waals surface area contributed by atoms with Crippen molar-refractivity contribution in [2.75, 3.05) is 0 Å². The highest BCUT2D eigenvalue weighted by atomic mass is 16.4. The number of hydrogen-bond acceptors (Lipinski definition) is 3. The van der Waals surface area contributed by atoms with Crippen LogP contribution < -0.4 is 5.69 Å². The number of rotatable bonds is 3. The number of hydrogen-bond donors (Lipinski definition) is 2. The molecule has 0 aliphatic heterocycles. The van der Waals surface area contributed by atoms with Gasteiger partial charge in [-0.3, -0.25) is 4.98 Å². The fourth-order valence-corrected chi connectivity index (χ4v) is 1.88. The van der Waals surface area contributed by atoms with Crippen LogP contribution in [0.5, 0.6) is 0 Å². The molecule has 6 heteroatoms. The highest BCUT2D eigenvalue weighted by Crippen LogP contribution is 2.17. The smallest absolute Gasteiger partial charge is 0.373 e. The lowest BCUT2D eigenvalue weighted by Crippen LogP contribution is -2.18. The molecule has 2 N–H and O–H groups in total. The molecule has 18 heavy (non-hydrogen) atoms. The van der Waals surface area contributed by atoms with Crippen molar-refractivity contribution in [1.29, 1.82) is 0 Å². The van der Waals surface area contributed by atoms with Crippen molar-refractivity contribution in [3.8, 4) is 5.69 Å². The summed E-state index contributed by atoms with van der Waals surface area (Å²) in [6.07, 6.45) is 0.735. The van der Waals surface area contributed by atoms with Crippen LogP contribution in [-0.2, 0) is 6.42 Å². The minimum atomic E-state index is -1.25. The number of para-hydroxylation sites is 1. The predicted octanol–water partition coefficient (Wildman–Crippen LogP) is 1.13. The molecule has 1 heterocycles. The van der Waals surface area contributed by atoms with Gasteiger partial charge in [0.1, 0.15) is 0 Å². The number of carboxylic acids is 1. The highest BCUT2D eigenvalue weighted by Gasteiger charge is 2.15. The van der Waals surface area contributed by atoms with Gasteiger partial charge in [-0.05, 0) is 24.5 Å². The molecule has 2 aromatic rings.